The van der Waals surface area contributed by atoms with Crippen LogP contribution in [0.4, 0.5) is 17.2 Å². The number of benzene rings is 2. The number of carbonyl (C=O) groups is 1. The highest BCUT2D eigenvalue weighted by Crippen LogP contribution is 2.29. The molecule has 3 aromatic heterocycles. The van der Waals surface area contributed by atoms with E-state index in [1.807, 2.05) is 42.9 Å². The first-order chi connectivity index (χ1) is 17.7. The third kappa shape index (κ3) is 5.03. The van der Waals surface area contributed by atoms with Crippen molar-refractivity contribution in [2.24, 2.45) is 7.05 Å². The van der Waals surface area contributed by atoms with Crippen LogP contribution in [0.1, 0.15) is 35.3 Å². The molecule has 0 atom stereocenters. The van der Waals surface area contributed by atoms with E-state index >= 15 is 0 Å². The molecule has 0 aliphatic rings. The predicted molar refractivity (Wildman–Crippen MR) is 144 cm³/mol. The Kier molecular flexibility index (Phi) is 6.14. The molecule has 5 rings (SSSR count). The highest BCUT2D eigenvalue weighted by Gasteiger charge is 2.18. The lowest BCUT2D eigenvalue weighted by Gasteiger charge is -2.18. The molecule has 5 aromatic rings. The van der Waals surface area contributed by atoms with E-state index in [1.54, 1.807) is 56.6 Å². The first-order valence-electron chi connectivity index (χ1n) is 11.8. The lowest BCUT2D eigenvalue weighted by molar-refractivity contribution is 0.0786. The Balaban J connectivity index is 1.47. The lowest BCUT2D eigenvalue weighted by atomic mass is 9.98. The van der Waals surface area contributed by atoms with Crippen molar-refractivity contribution in [2.45, 2.75) is 26.4 Å². The summed E-state index contributed by atoms with van der Waals surface area (Å²) in [6, 6.07) is 14.6. The summed E-state index contributed by atoms with van der Waals surface area (Å²) in [7, 11) is 1.92. The Morgan fingerprint density at radius 3 is 2.57 bits per heavy atom. The number of hydrogen-bond donors (Lipinski definition) is 3. The fourth-order valence-corrected chi connectivity index (χ4v) is 3.98. The molecule has 0 saturated heterocycles. The van der Waals surface area contributed by atoms with E-state index in [0.717, 1.165) is 22.3 Å². The van der Waals surface area contributed by atoms with Gasteiger partial charge in [0.25, 0.3) is 5.91 Å². The Bertz CT molecular complexity index is 1600. The van der Waals surface area contributed by atoms with Gasteiger partial charge in [-0.25, -0.2) is 19.9 Å². The predicted octanol–water partition coefficient (Wildman–Crippen LogP) is 4.96. The quantitative estimate of drug-likeness (QED) is 0.306. The van der Waals surface area contributed by atoms with Crippen molar-refractivity contribution in [2.75, 3.05) is 10.6 Å². The van der Waals surface area contributed by atoms with Gasteiger partial charge in [0.15, 0.2) is 5.82 Å². The maximum Gasteiger partial charge on any atom is 0.255 e. The highest BCUT2D eigenvalue weighted by atomic mass is 16.3. The maximum atomic E-state index is 13.1. The van der Waals surface area contributed by atoms with Gasteiger partial charge in [0.2, 0.25) is 0 Å². The van der Waals surface area contributed by atoms with Crippen LogP contribution in [0, 0.1) is 6.92 Å². The number of carbonyl (C=O) groups excluding carboxylic acids is 1. The van der Waals surface area contributed by atoms with Crippen LogP contribution in [0.3, 0.4) is 0 Å². The zero-order valence-electron chi connectivity index (χ0n) is 21.0. The number of aromatic nitrogens is 5. The maximum absolute atomic E-state index is 13.1. The average Bonchev–Trinajstić information content (AvgIpc) is 3.26. The molecule has 2 aromatic carbocycles. The minimum Gasteiger partial charge on any atom is -0.386 e. The summed E-state index contributed by atoms with van der Waals surface area (Å²) in [5.41, 5.74) is 3.96. The van der Waals surface area contributed by atoms with E-state index in [1.165, 1.54) is 6.33 Å². The van der Waals surface area contributed by atoms with Gasteiger partial charge in [-0.15, -0.1) is 0 Å². The van der Waals surface area contributed by atoms with Gasteiger partial charge in [-0.3, -0.25) is 4.79 Å². The van der Waals surface area contributed by atoms with E-state index in [0.29, 0.717) is 34.0 Å². The molecule has 0 bridgehead atoms. The molecule has 186 valence electrons. The van der Waals surface area contributed by atoms with Gasteiger partial charge in [-0.05, 0) is 62.2 Å². The minimum atomic E-state index is -1.01. The molecule has 0 radical (unpaired) electrons. The van der Waals surface area contributed by atoms with Gasteiger partial charge in [-0.2, -0.15) is 0 Å². The summed E-state index contributed by atoms with van der Waals surface area (Å²) in [4.78, 5) is 30.7. The average molecular weight is 494 g/mol. The SMILES string of the molecule is Cc1ccc(C(=O)Nc2cccc(C(C)(C)O)c2)cc1Nc1nc(-c2cncnc2)nc2c1ccn2C. The van der Waals surface area contributed by atoms with Crippen LogP contribution in [-0.4, -0.2) is 35.5 Å². The molecule has 9 nitrogen and oxygen atoms in total. The highest BCUT2D eigenvalue weighted by molar-refractivity contribution is 6.05. The van der Waals surface area contributed by atoms with Crippen LogP contribution >= 0.6 is 0 Å². The van der Waals surface area contributed by atoms with E-state index in [2.05, 4.69) is 20.6 Å². The number of rotatable bonds is 6. The normalized spacial score (nSPS) is 11.5. The number of nitrogens with zero attached hydrogens (tertiary/aromatic N) is 5. The number of fused-ring (bicyclic) bond motifs is 1. The van der Waals surface area contributed by atoms with Gasteiger partial charge in [-0.1, -0.05) is 18.2 Å². The standard InChI is InChI=1S/C28H27N7O2/c1-17-8-9-18(27(36)31-21-7-5-6-20(13-21)28(2,3)37)12-23(17)32-25-22-10-11-35(4)26(22)34-24(33-25)19-14-29-16-30-15-19/h5-16,37H,1-4H3,(H,31,36)(H,32,33,34). The molecule has 9 heteroatoms. The number of nitrogens with one attached hydrogen (secondary N) is 2. The van der Waals surface area contributed by atoms with Gasteiger partial charge < -0.3 is 20.3 Å². The van der Waals surface area contributed by atoms with Crippen LogP contribution in [-0.2, 0) is 12.6 Å². The van der Waals surface area contributed by atoms with E-state index < -0.39 is 5.60 Å². The van der Waals surface area contributed by atoms with Crippen LogP contribution < -0.4 is 10.6 Å². The minimum absolute atomic E-state index is 0.259. The second-order valence-electron chi connectivity index (χ2n) is 9.44. The molecular formula is C28H27N7O2. The van der Waals surface area contributed by atoms with Crippen molar-refractivity contribution in [3.8, 4) is 11.4 Å². The van der Waals surface area contributed by atoms with Crippen LogP contribution in [0.2, 0.25) is 0 Å². The lowest BCUT2D eigenvalue weighted by Crippen LogP contribution is -2.17. The number of amides is 1. The summed E-state index contributed by atoms with van der Waals surface area (Å²) in [6.45, 7) is 5.38. The Morgan fingerprint density at radius 1 is 1.03 bits per heavy atom. The third-order valence-electron chi connectivity index (χ3n) is 6.12. The molecule has 0 aliphatic heterocycles. The van der Waals surface area contributed by atoms with Crippen molar-refractivity contribution >= 4 is 34.1 Å². The van der Waals surface area contributed by atoms with Crippen LogP contribution in [0.25, 0.3) is 22.4 Å². The zero-order chi connectivity index (χ0) is 26.2. The van der Waals surface area contributed by atoms with Crippen molar-refractivity contribution < 1.29 is 9.90 Å². The van der Waals surface area contributed by atoms with Gasteiger partial charge in [0.1, 0.15) is 17.8 Å². The zero-order valence-corrected chi connectivity index (χ0v) is 21.0. The molecule has 0 spiro atoms. The molecule has 0 saturated carbocycles. The Labute approximate surface area is 214 Å². The molecular weight excluding hydrogens is 466 g/mol. The van der Waals surface area contributed by atoms with Gasteiger partial charge in [0.05, 0.1) is 16.6 Å². The van der Waals surface area contributed by atoms with Crippen LogP contribution in [0.15, 0.2) is 73.4 Å². The number of aliphatic hydroxyl groups is 1. The van der Waals surface area contributed by atoms with E-state index in [9.17, 15) is 9.90 Å². The summed E-state index contributed by atoms with van der Waals surface area (Å²) >= 11 is 0. The molecule has 37 heavy (non-hydrogen) atoms. The largest absolute Gasteiger partial charge is 0.386 e. The Hall–Kier alpha value is -4.63. The Morgan fingerprint density at radius 2 is 1.81 bits per heavy atom. The summed E-state index contributed by atoms with van der Waals surface area (Å²) in [6.07, 6.45) is 6.73. The summed E-state index contributed by atoms with van der Waals surface area (Å²) in [5, 5.41) is 17.5. The smallest absolute Gasteiger partial charge is 0.255 e. The second-order valence-corrected chi connectivity index (χ2v) is 9.44. The van der Waals surface area contributed by atoms with E-state index in [-0.39, 0.29) is 5.91 Å². The first kappa shape index (κ1) is 24.1. The first-order valence-corrected chi connectivity index (χ1v) is 11.8. The van der Waals surface area contributed by atoms with E-state index in [4.69, 9.17) is 9.97 Å². The molecule has 3 heterocycles. The third-order valence-corrected chi connectivity index (χ3v) is 6.12. The molecule has 0 aliphatic carbocycles. The molecule has 1 amide bonds. The van der Waals surface area contributed by atoms with Crippen molar-refractivity contribution in [1.82, 2.24) is 24.5 Å². The second kappa shape index (κ2) is 9.44. The van der Waals surface area contributed by atoms with Crippen LogP contribution in [0.5, 0.6) is 0 Å². The van der Waals surface area contributed by atoms with Crippen molar-refractivity contribution in [1.29, 1.82) is 0 Å². The molecule has 0 fully saturated rings. The van der Waals surface area contributed by atoms with Crippen molar-refractivity contribution in [3.05, 3.63) is 90.1 Å². The fraction of sp³-hybridized carbons (Fsp3) is 0.179. The number of anilines is 3. The molecule has 0 unspecified atom stereocenters. The number of aryl methyl sites for hydroxylation is 2. The topological polar surface area (TPSA) is 118 Å². The van der Waals surface area contributed by atoms with Gasteiger partial charge >= 0.3 is 0 Å². The fourth-order valence-electron chi connectivity index (χ4n) is 3.98. The summed E-state index contributed by atoms with van der Waals surface area (Å²) in [5.74, 6) is 0.851. The number of hydrogen-bond acceptors (Lipinski definition) is 7. The molecule has 3 N–H and O–H groups in total. The van der Waals surface area contributed by atoms with Gasteiger partial charge in [0, 0.05) is 42.6 Å². The monoisotopic (exact) mass is 493 g/mol. The van der Waals surface area contributed by atoms with Crippen molar-refractivity contribution in [3.63, 3.8) is 0 Å². The summed E-state index contributed by atoms with van der Waals surface area (Å²) < 4.78 is 1.92.